The van der Waals surface area contributed by atoms with Gasteiger partial charge in [-0.05, 0) is 38.1 Å². The molecule has 0 aliphatic carbocycles. The Balaban J connectivity index is 0.00000264. The van der Waals surface area contributed by atoms with E-state index in [4.69, 9.17) is 5.73 Å². The first-order valence-electron chi connectivity index (χ1n) is 7.81. The SMILES string of the molecule is CCN1CCCC1CNC(N)=NCC(=O)Nc1ccccc1.I. The van der Waals surface area contributed by atoms with Gasteiger partial charge >= 0.3 is 0 Å². The van der Waals surface area contributed by atoms with Crippen molar-refractivity contribution >= 4 is 41.5 Å². The van der Waals surface area contributed by atoms with Gasteiger partial charge in [0.15, 0.2) is 5.96 Å². The third-order valence-electron chi connectivity index (χ3n) is 3.87. The summed E-state index contributed by atoms with van der Waals surface area (Å²) in [4.78, 5) is 18.3. The molecule has 23 heavy (non-hydrogen) atoms. The Labute approximate surface area is 154 Å². The number of rotatable bonds is 6. The summed E-state index contributed by atoms with van der Waals surface area (Å²) in [5.41, 5.74) is 6.58. The van der Waals surface area contributed by atoms with Crippen LogP contribution in [-0.4, -0.2) is 49.0 Å². The van der Waals surface area contributed by atoms with Crippen LogP contribution in [0.3, 0.4) is 0 Å². The molecule has 1 fully saturated rings. The minimum Gasteiger partial charge on any atom is -0.370 e. The smallest absolute Gasteiger partial charge is 0.246 e. The fraction of sp³-hybridized carbons (Fsp3) is 0.500. The summed E-state index contributed by atoms with van der Waals surface area (Å²) >= 11 is 0. The molecule has 1 aromatic rings. The third kappa shape index (κ3) is 6.74. The number of hydrogen-bond acceptors (Lipinski definition) is 3. The number of amides is 1. The van der Waals surface area contributed by atoms with E-state index < -0.39 is 0 Å². The summed E-state index contributed by atoms with van der Waals surface area (Å²) in [6.07, 6.45) is 2.42. The third-order valence-corrected chi connectivity index (χ3v) is 3.87. The number of likely N-dealkylation sites (tertiary alicyclic amines) is 1. The molecule has 0 radical (unpaired) electrons. The zero-order valence-corrected chi connectivity index (χ0v) is 15.8. The Morgan fingerprint density at radius 1 is 1.39 bits per heavy atom. The number of guanidine groups is 1. The molecule has 0 saturated carbocycles. The Kier molecular flexibility index (Phi) is 8.93. The van der Waals surface area contributed by atoms with Gasteiger partial charge in [-0.25, -0.2) is 4.99 Å². The summed E-state index contributed by atoms with van der Waals surface area (Å²) in [7, 11) is 0. The van der Waals surface area contributed by atoms with E-state index in [1.165, 1.54) is 12.8 Å². The first-order valence-corrected chi connectivity index (χ1v) is 7.81. The van der Waals surface area contributed by atoms with Gasteiger partial charge in [-0.2, -0.15) is 0 Å². The van der Waals surface area contributed by atoms with E-state index in [9.17, 15) is 4.79 Å². The van der Waals surface area contributed by atoms with Gasteiger partial charge in [0, 0.05) is 18.3 Å². The molecule has 4 N–H and O–H groups in total. The van der Waals surface area contributed by atoms with Gasteiger partial charge in [0.1, 0.15) is 6.54 Å². The van der Waals surface area contributed by atoms with Crippen molar-refractivity contribution < 1.29 is 4.79 Å². The van der Waals surface area contributed by atoms with Crippen LogP contribution >= 0.6 is 24.0 Å². The second-order valence-corrected chi connectivity index (χ2v) is 5.42. The van der Waals surface area contributed by atoms with Crippen molar-refractivity contribution in [1.82, 2.24) is 10.2 Å². The molecule has 7 heteroatoms. The van der Waals surface area contributed by atoms with E-state index in [0.717, 1.165) is 25.3 Å². The largest absolute Gasteiger partial charge is 0.370 e. The first kappa shape index (κ1) is 19.7. The number of benzene rings is 1. The predicted molar refractivity (Wildman–Crippen MR) is 105 cm³/mol. The quantitative estimate of drug-likeness (QED) is 0.363. The zero-order chi connectivity index (χ0) is 15.8. The van der Waals surface area contributed by atoms with Gasteiger partial charge < -0.3 is 16.4 Å². The van der Waals surface area contributed by atoms with Crippen LogP contribution in [0.5, 0.6) is 0 Å². The monoisotopic (exact) mass is 431 g/mol. The van der Waals surface area contributed by atoms with Crippen molar-refractivity contribution in [3.05, 3.63) is 30.3 Å². The van der Waals surface area contributed by atoms with Crippen molar-refractivity contribution in [2.45, 2.75) is 25.8 Å². The van der Waals surface area contributed by atoms with Crippen molar-refractivity contribution in [2.75, 3.05) is 31.5 Å². The molecular formula is C16H26IN5O. The number of likely N-dealkylation sites (N-methyl/N-ethyl adjacent to an activating group) is 1. The molecule has 0 bridgehead atoms. The average molecular weight is 431 g/mol. The van der Waals surface area contributed by atoms with Crippen LogP contribution in [-0.2, 0) is 4.79 Å². The molecule has 6 nitrogen and oxygen atoms in total. The second-order valence-electron chi connectivity index (χ2n) is 5.42. The molecular weight excluding hydrogens is 405 g/mol. The number of carbonyl (C=O) groups is 1. The molecule has 0 aromatic heterocycles. The van der Waals surface area contributed by atoms with Crippen molar-refractivity contribution in [3.8, 4) is 0 Å². The maximum absolute atomic E-state index is 11.8. The fourth-order valence-corrected chi connectivity index (χ4v) is 2.70. The van der Waals surface area contributed by atoms with Gasteiger partial charge in [-0.1, -0.05) is 25.1 Å². The predicted octanol–water partition coefficient (Wildman–Crippen LogP) is 1.63. The highest BCUT2D eigenvalue weighted by atomic mass is 127. The Morgan fingerprint density at radius 3 is 2.83 bits per heavy atom. The van der Waals surface area contributed by atoms with Crippen molar-refractivity contribution in [3.63, 3.8) is 0 Å². The molecule has 128 valence electrons. The number of hydrogen-bond donors (Lipinski definition) is 3. The van der Waals surface area contributed by atoms with E-state index in [0.29, 0.717) is 12.0 Å². The van der Waals surface area contributed by atoms with Crippen LogP contribution in [0.15, 0.2) is 35.3 Å². The number of nitrogens with zero attached hydrogens (tertiary/aromatic N) is 2. The van der Waals surface area contributed by atoms with E-state index in [1.807, 2.05) is 30.3 Å². The number of nitrogens with two attached hydrogens (primary N) is 1. The van der Waals surface area contributed by atoms with Crippen LogP contribution in [0.2, 0.25) is 0 Å². The molecule has 1 aliphatic heterocycles. The second kappa shape index (κ2) is 10.4. The molecule has 2 rings (SSSR count). The lowest BCUT2D eigenvalue weighted by atomic mass is 10.2. The first-order chi connectivity index (χ1) is 10.7. The normalized spacial score (nSPS) is 18.3. The topological polar surface area (TPSA) is 82.8 Å². The molecule has 1 aliphatic rings. The summed E-state index contributed by atoms with van der Waals surface area (Å²) in [5.74, 6) is 0.151. The van der Waals surface area contributed by atoms with Crippen LogP contribution in [0.4, 0.5) is 5.69 Å². The number of anilines is 1. The van der Waals surface area contributed by atoms with Crippen LogP contribution in [0.1, 0.15) is 19.8 Å². The van der Waals surface area contributed by atoms with E-state index in [2.05, 4.69) is 27.4 Å². The highest BCUT2D eigenvalue weighted by Crippen LogP contribution is 2.15. The van der Waals surface area contributed by atoms with Crippen LogP contribution < -0.4 is 16.4 Å². The molecule has 0 spiro atoms. The number of carbonyl (C=O) groups excluding carboxylic acids is 1. The maximum Gasteiger partial charge on any atom is 0.246 e. The highest BCUT2D eigenvalue weighted by molar-refractivity contribution is 14.0. The van der Waals surface area contributed by atoms with Gasteiger partial charge in [0.05, 0.1) is 0 Å². The Morgan fingerprint density at radius 2 is 2.13 bits per heavy atom. The van der Waals surface area contributed by atoms with Gasteiger partial charge in [0.25, 0.3) is 0 Å². The summed E-state index contributed by atoms with van der Waals surface area (Å²) in [6, 6.07) is 9.83. The fourth-order valence-electron chi connectivity index (χ4n) is 2.70. The molecule has 1 amide bonds. The summed E-state index contributed by atoms with van der Waals surface area (Å²) < 4.78 is 0. The zero-order valence-electron chi connectivity index (χ0n) is 13.5. The minimum atomic E-state index is -0.174. The van der Waals surface area contributed by atoms with Gasteiger partial charge in [-0.15, -0.1) is 24.0 Å². The van der Waals surface area contributed by atoms with Gasteiger partial charge in [-0.3, -0.25) is 9.69 Å². The molecule has 1 atom stereocenters. The highest BCUT2D eigenvalue weighted by Gasteiger charge is 2.22. The molecule has 1 heterocycles. The summed E-state index contributed by atoms with van der Waals surface area (Å²) in [5, 5.41) is 5.89. The van der Waals surface area contributed by atoms with E-state index >= 15 is 0 Å². The summed E-state index contributed by atoms with van der Waals surface area (Å²) in [6.45, 7) is 5.19. The van der Waals surface area contributed by atoms with Crippen LogP contribution in [0.25, 0.3) is 0 Å². The number of aliphatic imine (C=N–C) groups is 1. The minimum absolute atomic E-state index is 0. The van der Waals surface area contributed by atoms with E-state index in [-0.39, 0.29) is 36.4 Å². The maximum atomic E-state index is 11.8. The Hall–Kier alpha value is -1.35. The molecule has 1 saturated heterocycles. The lowest BCUT2D eigenvalue weighted by Crippen LogP contribution is -2.43. The lowest BCUT2D eigenvalue weighted by Gasteiger charge is -2.23. The van der Waals surface area contributed by atoms with Crippen molar-refractivity contribution in [1.29, 1.82) is 0 Å². The van der Waals surface area contributed by atoms with Crippen LogP contribution in [0, 0.1) is 0 Å². The van der Waals surface area contributed by atoms with Gasteiger partial charge in [0.2, 0.25) is 5.91 Å². The van der Waals surface area contributed by atoms with Crippen molar-refractivity contribution in [2.24, 2.45) is 10.7 Å². The number of halogens is 1. The number of nitrogens with one attached hydrogen (secondary N) is 2. The Bertz CT molecular complexity index is 508. The lowest BCUT2D eigenvalue weighted by molar-refractivity contribution is -0.114. The molecule has 1 unspecified atom stereocenters. The van der Waals surface area contributed by atoms with E-state index in [1.54, 1.807) is 0 Å². The molecule has 1 aromatic carbocycles. The standard InChI is InChI=1S/C16H25N5O.HI/c1-2-21-10-6-9-14(21)11-18-16(17)19-12-15(22)20-13-7-4-3-5-8-13;/h3-5,7-8,14H,2,6,9-12H2,1H3,(H,20,22)(H3,17,18,19);1H. The number of para-hydroxylation sites is 1. The average Bonchev–Trinajstić information content (AvgIpc) is 2.99.